The molecule has 4 atom stereocenters. The summed E-state index contributed by atoms with van der Waals surface area (Å²) in [5.74, 6) is 10.2. The lowest BCUT2D eigenvalue weighted by atomic mass is 9.95. The molecule has 7 nitrogen and oxygen atoms in total. The van der Waals surface area contributed by atoms with Crippen molar-refractivity contribution in [3.05, 3.63) is 35.4 Å². The Bertz CT molecular complexity index is 895. The minimum Gasteiger partial charge on any atom is -0.381 e. The molecule has 0 bridgehead atoms. The topological polar surface area (TPSA) is 111 Å². The minimum atomic E-state index is -3.34. The quantitative estimate of drug-likeness (QED) is 0.251. The van der Waals surface area contributed by atoms with E-state index in [0.29, 0.717) is 24.3 Å². The van der Waals surface area contributed by atoms with Gasteiger partial charge in [-0.15, -0.1) is 0 Å². The van der Waals surface area contributed by atoms with Crippen molar-refractivity contribution in [2.45, 2.75) is 31.4 Å². The molecule has 1 fully saturated rings. The molecule has 0 heterocycles. The van der Waals surface area contributed by atoms with E-state index in [1.54, 1.807) is 0 Å². The van der Waals surface area contributed by atoms with E-state index in [9.17, 15) is 23.5 Å². The summed E-state index contributed by atoms with van der Waals surface area (Å²) in [7, 11) is 1.90. The van der Waals surface area contributed by atoms with Crippen molar-refractivity contribution in [1.82, 2.24) is 16.1 Å². The Morgan fingerprint density at radius 1 is 1.27 bits per heavy atom. The summed E-state index contributed by atoms with van der Waals surface area (Å²) in [5, 5.41) is 23.7. The highest BCUT2D eigenvalue weighted by molar-refractivity contribution is 5.97. The fourth-order valence-electron chi connectivity index (χ4n) is 2.73. The first-order valence-corrected chi connectivity index (χ1v) is 9.22. The Morgan fingerprint density at radius 3 is 2.50 bits per heavy atom. The lowest BCUT2D eigenvalue weighted by Crippen LogP contribution is -2.61. The zero-order chi connectivity index (χ0) is 22.3. The lowest BCUT2D eigenvalue weighted by Gasteiger charge is -2.30. The molecule has 160 valence electrons. The van der Waals surface area contributed by atoms with Crippen molar-refractivity contribution in [2.24, 2.45) is 11.8 Å². The fourth-order valence-corrected chi connectivity index (χ4v) is 2.73. The van der Waals surface area contributed by atoms with Gasteiger partial charge in [0.1, 0.15) is 6.04 Å². The van der Waals surface area contributed by atoms with Crippen LogP contribution in [-0.4, -0.2) is 53.8 Å². The molecule has 9 heteroatoms. The highest BCUT2D eigenvalue weighted by atomic mass is 19.3. The molecule has 1 aliphatic rings. The maximum atomic E-state index is 13.0. The SMILES string of the molecule is CNCC1CC1C#CC#Cc1ccc(C(=O)N[C@H](C(=O)NO)[C@](C)(O)C(F)F)cc1. The fraction of sp³-hybridized carbons (Fsp3) is 0.429. The van der Waals surface area contributed by atoms with Crippen LogP contribution in [0.4, 0.5) is 8.78 Å². The molecule has 5 N–H and O–H groups in total. The summed E-state index contributed by atoms with van der Waals surface area (Å²) < 4.78 is 26.1. The van der Waals surface area contributed by atoms with E-state index in [2.05, 4.69) is 29.0 Å². The van der Waals surface area contributed by atoms with Gasteiger partial charge in [-0.1, -0.05) is 11.8 Å². The molecule has 0 spiro atoms. The van der Waals surface area contributed by atoms with E-state index in [4.69, 9.17) is 5.21 Å². The monoisotopic (exact) mass is 419 g/mol. The number of halogens is 2. The molecule has 1 aromatic carbocycles. The standard InChI is InChI=1S/C21H23F2N3O4/c1-21(29,20(22)23)17(19(28)26-30)25-18(27)14-9-7-13(8-10-14)5-3-4-6-15-11-16(15)12-24-2/h7-10,15-17,20,24,29-30H,11-12H2,1-2H3,(H,25,27)(H,26,28)/t15?,16?,17-,21+/m1/s1. The van der Waals surface area contributed by atoms with Crippen molar-refractivity contribution < 1.29 is 28.7 Å². The molecule has 2 rings (SSSR count). The molecule has 0 aliphatic heterocycles. The number of hydrogen-bond donors (Lipinski definition) is 5. The number of alkyl halides is 2. The van der Waals surface area contributed by atoms with Crippen molar-refractivity contribution in [2.75, 3.05) is 13.6 Å². The second kappa shape index (κ2) is 10.2. The molecule has 30 heavy (non-hydrogen) atoms. The van der Waals surface area contributed by atoms with Crippen LogP contribution in [0.3, 0.4) is 0 Å². The van der Waals surface area contributed by atoms with Crippen LogP contribution < -0.4 is 16.1 Å². The van der Waals surface area contributed by atoms with E-state index >= 15 is 0 Å². The maximum Gasteiger partial charge on any atom is 0.269 e. The summed E-state index contributed by atoms with van der Waals surface area (Å²) >= 11 is 0. The van der Waals surface area contributed by atoms with Crippen LogP contribution in [0, 0.1) is 35.5 Å². The largest absolute Gasteiger partial charge is 0.381 e. The van der Waals surface area contributed by atoms with Gasteiger partial charge < -0.3 is 15.7 Å². The third-order valence-corrected chi connectivity index (χ3v) is 4.74. The molecular weight excluding hydrogens is 396 g/mol. The minimum absolute atomic E-state index is 0.0559. The number of carbonyl (C=O) groups excluding carboxylic acids is 2. The molecule has 0 saturated heterocycles. The Labute approximate surface area is 173 Å². The van der Waals surface area contributed by atoms with Crippen LogP contribution in [0.15, 0.2) is 24.3 Å². The van der Waals surface area contributed by atoms with Gasteiger partial charge in [0.15, 0.2) is 5.60 Å². The molecule has 2 unspecified atom stereocenters. The summed E-state index contributed by atoms with van der Waals surface area (Å²) in [6.07, 6.45) is -2.28. The first kappa shape index (κ1) is 23.3. The van der Waals surface area contributed by atoms with Gasteiger partial charge in [-0.25, -0.2) is 14.3 Å². The lowest BCUT2D eigenvalue weighted by molar-refractivity contribution is -0.149. The number of aliphatic hydroxyl groups is 1. The van der Waals surface area contributed by atoms with Gasteiger partial charge in [0, 0.05) is 17.0 Å². The Morgan fingerprint density at radius 2 is 1.93 bits per heavy atom. The molecule has 1 aliphatic carbocycles. The number of nitrogens with one attached hydrogen (secondary N) is 3. The van der Waals surface area contributed by atoms with Crippen LogP contribution >= 0.6 is 0 Å². The molecule has 0 aromatic heterocycles. The van der Waals surface area contributed by atoms with Gasteiger partial charge in [-0.05, 0) is 69.0 Å². The summed E-state index contributed by atoms with van der Waals surface area (Å²) in [6.45, 7) is 1.62. The first-order valence-electron chi connectivity index (χ1n) is 9.22. The van der Waals surface area contributed by atoms with Crippen LogP contribution in [0.5, 0.6) is 0 Å². The molecule has 0 radical (unpaired) electrons. The molecule has 2 amide bonds. The predicted octanol–water partition coefficient (Wildman–Crippen LogP) is 0.517. The van der Waals surface area contributed by atoms with Gasteiger partial charge in [0.25, 0.3) is 18.2 Å². The summed E-state index contributed by atoms with van der Waals surface area (Å²) in [5.41, 5.74) is -1.08. The number of benzene rings is 1. The second-order valence-electron chi connectivity index (χ2n) is 7.17. The zero-order valence-corrected chi connectivity index (χ0v) is 16.5. The third-order valence-electron chi connectivity index (χ3n) is 4.74. The maximum absolute atomic E-state index is 13.0. The third kappa shape index (κ3) is 6.01. The van der Waals surface area contributed by atoms with E-state index in [-0.39, 0.29) is 5.56 Å². The Hall–Kier alpha value is -2.98. The van der Waals surface area contributed by atoms with Crippen molar-refractivity contribution in [3.63, 3.8) is 0 Å². The number of amides is 2. The molecule has 1 saturated carbocycles. The van der Waals surface area contributed by atoms with Crippen LogP contribution in [0.1, 0.15) is 29.3 Å². The normalized spacial score (nSPS) is 20.0. The molecular formula is C21H23F2N3O4. The van der Waals surface area contributed by atoms with Crippen molar-refractivity contribution in [1.29, 1.82) is 0 Å². The number of rotatable bonds is 7. The molecule has 1 aromatic rings. The predicted molar refractivity (Wildman–Crippen MR) is 104 cm³/mol. The smallest absolute Gasteiger partial charge is 0.269 e. The zero-order valence-electron chi connectivity index (χ0n) is 16.5. The number of hydroxylamine groups is 1. The summed E-state index contributed by atoms with van der Waals surface area (Å²) in [4.78, 5) is 23.9. The first-order chi connectivity index (χ1) is 14.2. The van der Waals surface area contributed by atoms with Crippen molar-refractivity contribution >= 4 is 11.8 Å². The van der Waals surface area contributed by atoms with Gasteiger partial charge in [-0.2, -0.15) is 0 Å². The highest BCUT2D eigenvalue weighted by Gasteiger charge is 2.46. The van der Waals surface area contributed by atoms with E-state index in [1.165, 1.54) is 24.3 Å². The Kier molecular flexibility index (Phi) is 7.90. The van der Waals surface area contributed by atoms with E-state index < -0.39 is 29.9 Å². The van der Waals surface area contributed by atoms with Crippen molar-refractivity contribution in [3.8, 4) is 23.7 Å². The van der Waals surface area contributed by atoms with Gasteiger partial charge in [0.05, 0.1) is 0 Å². The van der Waals surface area contributed by atoms with E-state index in [0.717, 1.165) is 18.4 Å². The van der Waals surface area contributed by atoms with Gasteiger partial charge in [-0.3, -0.25) is 14.8 Å². The van der Waals surface area contributed by atoms with Gasteiger partial charge >= 0.3 is 0 Å². The number of carbonyl (C=O) groups is 2. The van der Waals surface area contributed by atoms with Crippen LogP contribution in [0.25, 0.3) is 0 Å². The van der Waals surface area contributed by atoms with E-state index in [1.807, 2.05) is 12.4 Å². The van der Waals surface area contributed by atoms with Gasteiger partial charge in [0.2, 0.25) is 0 Å². The number of hydrogen-bond acceptors (Lipinski definition) is 5. The Balaban J connectivity index is 2.02. The average Bonchev–Trinajstić information content (AvgIpc) is 3.47. The highest BCUT2D eigenvalue weighted by Crippen LogP contribution is 2.36. The van der Waals surface area contributed by atoms with Crippen LogP contribution in [-0.2, 0) is 4.79 Å². The van der Waals surface area contributed by atoms with Crippen LogP contribution in [0.2, 0.25) is 0 Å². The average molecular weight is 419 g/mol. The summed E-state index contributed by atoms with van der Waals surface area (Å²) in [6, 6.07) is 3.79. The second-order valence-corrected chi connectivity index (χ2v) is 7.17.